The molecule has 122 valence electrons. The van der Waals surface area contributed by atoms with Crippen LogP contribution in [0.15, 0.2) is 0 Å². The van der Waals surface area contributed by atoms with E-state index in [1.54, 1.807) is 0 Å². The van der Waals surface area contributed by atoms with E-state index in [0.29, 0.717) is 24.0 Å². The second kappa shape index (κ2) is 12.8. The molecule has 0 heterocycles. The predicted molar refractivity (Wildman–Crippen MR) is 92.5 cm³/mol. The molecular formula is C14H26N2O3S2. The summed E-state index contributed by atoms with van der Waals surface area (Å²) in [6.07, 6.45) is 7.36. The number of nitrogens with one attached hydrogen (secondary N) is 1. The van der Waals surface area contributed by atoms with Crippen molar-refractivity contribution >= 4 is 40.6 Å². The van der Waals surface area contributed by atoms with Crippen LogP contribution >= 0.6 is 24.4 Å². The van der Waals surface area contributed by atoms with Crippen molar-refractivity contribution in [2.75, 3.05) is 13.2 Å². The smallest absolute Gasteiger partial charge is 0.256 e. The highest BCUT2D eigenvalue weighted by Gasteiger charge is 2.22. The van der Waals surface area contributed by atoms with Crippen molar-refractivity contribution < 1.29 is 14.6 Å². The topological polar surface area (TPSA) is 84.6 Å². The number of carbonyl (C=O) groups is 1. The van der Waals surface area contributed by atoms with Crippen LogP contribution in [0, 0.1) is 5.92 Å². The van der Waals surface area contributed by atoms with Crippen molar-refractivity contribution in [1.29, 1.82) is 0 Å². The molecule has 0 aromatic rings. The van der Waals surface area contributed by atoms with E-state index in [1.165, 1.54) is 12.8 Å². The van der Waals surface area contributed by atoms with Gasteiger partial charge in [-0.3, -0.25) is 4.79 Å². The molecule has 21 heavy (non-hydrogen) atoms. The molecule has 1 atom stereocenters. The Kier molecular flexibility index (Phi) is 12.2. The summed E-state index contributed by atoms with van der Waals surface area (Å²) in [5.41, 5.74) is 4.40. The molecule has 0 radical (unpaired) electrons. The second-order valence-electron chi connectivity index (χ2n) is 4.98. The minimum absolute atomic E-state index is 0.0686. The van der Waals surface area contributed by atoms with E-state index in [9.17, 15) is 4.79 Å². The zero-order valence-corrected chi connectivity index (χ0v) is 14.2. The molecule has 0 aromatic carbocycles. The molecule has 1 aliphatic carbocycles. The molecule has 1 rings (SSSR count). The molecule has 1 saturated carbocycles. The van der Waals surface area contributed by atoms with Gasteiger partial charge < -0.3 is 20.9 Å². The quantitative estimate of drug-likeness (QED) is 0.508. The highest BCUT2D eigenvalue weighted by Crippen LogP contribution is 2.20. The lowest BCUT2D eigenvalue weighted by Crippen LogP contribution is -2.30. The normalized spacial score (nSPS) is 17.4. The number of hydrogen-bond acceptors (Lipinski definition) is 4. The SMILES string of the molecule is CCCCCNC(=S)OCC1CCCCC1=O.NC(O)=S. The Hall–Kier alpha value is -0.950. The summed E-state index contributed by atoms with van der Waals surface area (Å²) in [6, 6.07) is 0. The average molecular weight is 335 g/mol. The molecule has 0 bridgehead atoms. The lowest BCUT2D eigenvalue weighted by molar-refractivity contribution is -0.125. The Bertz CT molecular complexity index is 334. The van der Waals surface area contributed by atoms with Crippen molar-refractivity contribution in [2.45, 2.75) is 51.9 Å². The molecule has 1 aliphatic rings. The maximum atomic E-state index is 11.6. The number of hydrogen-bond donors (Lipinski definition) is 3. The molecule has 0 saturated heterocycles. The maximum absolute atomic E-state index is 11.6. The third kappa shape index (κ3) is 12.5. The first kappa shape index (κ1) is 20.1. The van der Waals surface area contributed by atoms with Gasteiger partial charge in [0.05, 0.1) is 5.92 Å². The van der Waals surface area contributed by atoms with E-state index in [1.807, 2.05) is 0 Å². The third-order valence-corrected chi connectivity index (χ3v) is 3.41. The monoisotopic (exact) mass is 334 g/mol. The summed E-state index contributed by atoms with van der Waals surface area (Å²) in [4.78, 5) is 11.6. The minimum Gasteiger partial charge on any atom is -0.487 e. The summed E-state index contributed by atoms with van der Waals surface area (Å²) in [5, 5.41) is 10.6. The highest BCUT2D eigenvalue weighted by atomic mass is 32.1. The Labute approximate surface area is 137 Å². The summed E-state index contributed by atoms with van der Waals surface area (Å²) >= 11 is 8.94. The van der Waals surface area contributed by atoms with Crippen LogP contribution in [0.1, 0.15) is 51.9 Å². The van der Waals surface area contributed by atoms with Gasteiger partial charge >= 0.3 is 0 Å². The summed E-state index contributed by atoms with van der Waals surface area (Å²) < 4.78 is 5.43. The van der Waals surface area contributed by atoms with Gasteiger partial charge in [0.15, 0.2) is 0 Å². The van der Waals surface area contributed by atoms with Gasteiger partial charge in [0.1, 0.15) is 12.4 Å². The van der Waals surface area contributed by atoms with Crippen molar-refractivity contribution in [3.05, 3.63) is 0 Å². The first-order valence-corrected chi connectivity index (χ1v) is 8.20. The van der Waals surface area contributed by atoms with Gasteiger partial charge in [-0.1, -0.05) is 26.2 Å². The van der Waals surface area contributed by atoms with E-state index < -0.39 is 5.17 Å². The van der Waals surface area contributed by atoms with Gasteiger partial charge in [0.25, 0.3) is 10.3 Å². The number of aliphatic hydroxyl groups is 1. The van der Waals surface area contributed by atoms with Crippen LogP contribution in [-0.2, 0) is 9.53 Å². The molecule has 4 N–H and O–H groups in total. The lowest BCUT2D eigenvalue weighted by Gasteiger charge is -2.20. The number of ether oxygens (including phenoxy) is 1. The number of unbranched alkanes of at least 4 members (excludes halogenated alkanes) is 2. The maximum Gasteiger partial charge on any atom is 0.256 e. The van der Waals surface area contributed by atoms with Crippen molar-refractivity contribution in [3.63, 3.8) is 0 Å². The van der Waals surface area contributed by atoms with Crippen LogP contribution < -0.4 is 11.1 Å². The standard InChI is InChI=1S/C13H23NO2S.CH3NOS/c1-2-3-6-9-14-13(17)16-10-11-7-4-5-8-12(11)15;2-1(3)4/h11H,2-10H2,1H3,(H,14,17);(H3,2,3,4). The largest absolute Gasteiger partial charge is 0.487 e. The van der Waals surface area contributed by atoms with Crippen LogP contribution in [0.4, 0.5) is 0 Å². The van der Waals surface area contributed by atoms with E-state index >= 15 is 0 Å². The van der Waals surface area contributed by atoms with Gasteiger partial charge in [-0.25, -0.2) is 0 Å². The van der Waals surface area contributed by atoms with E-state index in [-0.39, 0.29) is 5.92 Å². The predicted octanol–water partition coefficient (Wildman–Crippen LogP) is 2.62. The highest BCUT2D eigenvalue weighted by molar-refractivity contribution is 7.80. The lowest BCUT2D eigenvalue weighted by atomic mass is 9.89. The summed E-state index contributed by atoms with van der Waals surface area (Å²) in [5.74, 6) is 0.407. The molecule has 1 unspecified atom stereocenters. The molecule has 0 aromatic heterocycles. The van der Waals surface area contributed by atoms with Crippen LogP contribution in [0.25, 0.3) is 0 Å². The fourth-order valence-electron chi connectivity index (χ4n) is 2.02. The van der Waals surface area contributed by atoms with Crippen LogP contribution in [0.5, 0.6) is 0 Å². The first-order chi connectivity index (χ1) is 9.97. The Morgan fingerprint density at radius 3 is 2.67 bits per heavy atom. The molecule has 5 nitrogen and oxygen atoms in total. The minimum atomic E-state index is -0.500. The first-order valence-electron chi connectivity index (χ1n) is 7.39. The van der Waals surface area contributed by atoms with Crippen LogP contribution in [0.3, 0.4) is 0 Å². The number of carbonyl (C=O) groups excluding carboxylic acids is 1. The molecule has 0 spiro atoms. The summed E-state index contributed by atoms with van der Waals surface area (Å²) in [6.45, 7) is 3.49. The number of thiocarbonyl (C=S) groups is 2. The molecular weight excluding hydrogens is 308 g/mol. The van der Waals surface area contributed by atoms with Crippen molar-refractivity contribution in [3.8, 4) is 0 Å². The average Bonchev–Trinajstić information content (AvgIpc) is 2.42. The van der Waals surface area contributed by atoms with Gasteiger partial charge in [0.2, 0.25) is 0 Å². The van der Waals surface area contributed by atoms with E-state index in [0.717, 1.165) is 32.2 Å². The van der Waals surface area contributed by atoms with Crippen LogP contribution in [-0.4, -0.2) is 34.4 Å². The van der Waals surface area contributed by atoms with Gasteiger partial charge in [-0.2, -0.15) is 0 Å². The second-order valence-corrected chi connectivity index (χ2v) is 5.77. The van der Waals surface area contributed by atoms with Crippen LogP contribution in [0.2, 0.25) is 0 Å². The Morgan fingerprint density at radius 2 is 2.10 bits per heavy atom. The Morgan fingerprint density at radius 1 is 1.43 bits per heavy atom. The fourth-order valence-corrected chi connectivity index (χ4v) is 2.19. The summed E-state index contributed by atoms with van der Waals surface area (Å²) in [7, 11) is 0. The molecule has 1 fully saturated rings. The van der Waals surface area contributed by atoms with E-state index in [2.05, 4.69) is 30.2 Å². The molecule has 0 aliphatic heterocycles. The number of rotatable bonds is 6. The van der Waals surface area contributed by atoms with Gasteiger partial charge in [-0.15, -0.1) is 0 Å². The number of aliphatic hydroxyl groups excluding tert-OH is 1. The van der Waals surface area contributed by atoms with Gasteiger partial charge in [-0.05, 0) is 43.7 Å². The molecule has 7 heteroatoms. The van der Waals surface area contributed by atoms with Gasteiger partial charge in [0, 0.05) is 13.0 Å². The van der Waals surface area contributed by atoms with Crippen molar-refractivity contribution in [2.24, 2.45) is 11.7 Å². The molecule has 0 amide bonds. The number of Topliss-reactive ketones (excluding diaryl/α,β-unsaturated/α-hetero) is 1. The van der Waals surface area contributed by atoms with Crippen molar-refractivity contribution in [1.82, 2.24) is 5.32 Å². The van der Waals surface area contributed by atoms with E-state index in [4.69, 9.17) is 22.1 Å². The zero-order valence-electron chi connectivity index (χ0n) is 12.6. The fraction of sp³-hybridized carbons (Fsp3) is 0.786. The number of nitrogens with two attached hydrogens (primary N) is 1. The zero-order chi connectivity index (χ0) is 16.1. The Balaban J connectivity index is 0.000000885. The number of ketones is 1. The third-order valence-electron chi connectivity index (χ3n) is 3.15.